The highest BCUT2D eigenvalue weighted by Gasteiger charge is 2.43. The molecule has 14 heavy (non-hydrogen) atoms. The van der Waals surface area contributed by atoms with Crippen LogP contribution in [0.15, 0.2) is 24.3 Å². The Labute approximate surface area is 83.3 Å². The third kappa shape index (κ3) is 1.74. The summed E-state index contributed by atoms with van der Waals surface area (Å²) in [4.78, 5) is 0. The summed E-state index contributed by atoms with van der Waals surface area (Å²) in [6.07, 6.45) is -0.432. The van der Waals surface area contributed by atoms with Crippen LogP contribution in [0.5, 0.6) is 5.75 Å². The monoisotopic (exact) mass is 194 g/mol. The second-order valence-corrected chi connectivity index (χ2v) is 3.54. The minimum atomic E-state index is -0.411. The molecular formula is C11H14O3. The highest BCUT2D eigenvalue weighted by Crippen LogP contribution is 2.41. The number of hydrogen-bond donors (Lipinski definition) is 1. The largest absolute Gasteiger partial charge is 0.497 e. The Morgan fingerprint density at radius 1 is 1.50 bits per heavy atom. The fraction of sp³-hybridized carbons (Fsp3) is 0.455. The number of rotatable bonds is 3. The summed E-state index contributed by atoms with van der Waals surface area (Å²) in [7, 11) is 1.64. The van der Waals surface area contributed by atoms with Gasteiger partial charge in [0, 0.05) is 0 Å². The number of methoxy groups -OCH3 is 1. The van der Waals surface area contributed by atoms with Crippen molar-refractivity contribution in [1.82, 2.24) is 0 Å². The van der Waals surface area contributed by atoms with Crippen LogP contribution in [0, 0.1) is 0 Å². The molecule has 0 radical (unpaired) electrons. The summed E-state index contributed by atoms with van der Waals surface area (Å²) in [5.41, 5.74) is 1.07. The summed E-state index contributed by atoms with van der Waals surface area (Å²) < 4.78 is 10.5. The SMILES string of the molecule is COc1cccc([C@@H]2O[C@H]2[C@@H](C)O)c1. The lowest BCUT2D eigenvalue weighted by molar-refractivity contribution is 0.152. The van der Waals surface area contributed by atoms with Crippen LogP contribution < -0.4 is 4.74 Å². The molecule has 3 atom stereocenters. The fourth-order valence-electron chi connectivity index (χ4n) is 1.58. The van der Waals surface area contributed by atoms with Crippen LogP contribution in [-0.4, -0.2) is 24.4 Å². The van der Waals surface area contributed by atoms with Gasteiger partial charge in [-0.3, -0.25) is 0 Å². The van der Waals surface area contributed by atoms with Crippen molar-refractivity contribution >= 4 is 0 Å². The summed E-state index contributed by atoms with van der Waals surface area (Å²) in [6, 6.07) is 7.74. The number of aliphatic hydroxyl groups excluding tert-OH is 1. The summed E-state index contributed by atoms with van der Waals surface area (Å²) in [6.45, 7) is 1.74. The van der Waals surface area contributed by atoms with E-state index < -0.39 is 6.10 Å². The zero-order valence-electron chi connectivity index (χ0n) is 8.31. The van der Waals surface area contributed by atoms with Gasteiger partial charge in [-0.2, -0.15) is 0 Å². The van der Waals surface area contributed by atoms with Gasteiger partial charge in [0.25, 0.3) is 0 Å². The van der Waals surface area contributed by atoms with E-state index in [1.165, 1.54) is 0 Å². The van der Waals surface area contributed by atoms with Crippen LogP contribution >= 0.6 is 0 Å². The van der Waals surface area contributed by atoms with Crippen LogP contribution in [0.3, 0.4) is 0 Å². The standard InChI is InChI=1S/C11H14O3/c1-7(12)10-11(14-10)8-4-3-5-9(6-8)13-2/h3-7,10-12H,1-2H3/t7-,10+,11+/m1/s1. The first-order chi connectivity index (χ1) is 6.72. The fourth-order valence-corrected chi connectivity index (χ4v) is 1.58. The van der Waals surface area contributed by atoms with Crippen molar-refractivity contribution in [3.05, 3.63) is 29.8 Å². The maximum atomic E-state index is 9.29. The molecule has 1 heterocycles. The van der Waals surface area contributed by atoms with Gasteiger partial charge in [-0.15, -0.1) is 0 Å². The lowest BCUT2D eigenvalue weighted by atomic mass is 10.1. The smallest absolute Gasteiger partial charge is 0.119 e. The minimum absolute atomic E-state index is 0.0325. The molecule has 1 aromatic rings. The molecule has 76 valence electrons. The first kappa shape index (κ1) is 9.49. The predicted molar refractivity (Wildman–Crippen MR) is 52.3 cm³/mol. The molecular weight excluding hydrogens is 180 g/mol. The van der Waals surface area contributed by atoms with E-state index in [4.69, 9.17) is 9.47 Å². The van der Waals surface area contributed by atoms with E-state index in [-0.39, 0.29) is 12.2 Å². The Hall–Kier alpha value is -1.06. The molecule has 0 saturated carbocycles. The molecule has 0 spiro atoms. The molecule has 0 bridgehead atoms. The molecule has 0 amide bonds. The number of ether oxygens (including phenoxy) is 2. The van der Waals surface area contributed by atoms with Crippen LogP contribution in [0.25, 0.3) is 0 Å². The second-order valence-electron chi connectivity index (χ2n) is 3.54. The molecule has 1 fully saturated rings. The van der Waals surface area contributed by atoms with Gasteiger partial charge in [-0.1, -0.05) is 12.1 Å². The highest BCUT2D eigenvalue weighted by molar-refractivity contribution is 5.32. The average molecular weight is 194 g/mol. The Morgan fingerprint density at radius 3 is 2.86 bits per heavy atom. The van der Waals surface area contributed by atoms with Crippen molar-refractivity contribution in [3.63, 3.8) is 0 Å². The third-order valence-electron chi connectivity index (χ3n) is 2.42. The molecule has 1 saturated heterocycles. The summed E-state index contributed by atoms with van der Waals surface area (Å²) >= 11 is 0. The average Bonchev–Trinajstić information content (AvgIpc) is 2.97. The van der Waals surface area contributed by atoms with Crippen molar-refractivity contribution in [2.45, 2.75) is 25.2 Å². The van der Waals surface area contributed by atoms with Crippen LogP contribution in [0.4, 0.5) is 0 Å². The molecule has 0 unspecified atom stereocenters. The van der Waals surface area contributed by atoms with E-state index in [2.05, 4.69) is 0 Å². The molecule has 3 nitrogen and oxygen atoms in total. The maximum absolute atomic E-state index is 9.29. The molecule has 0 aliphatic carbocycles. The molecule has 1 aliphatic rings. The first-order valence-corrected chi connectivity index (χ1v) is 4.70. The van der Waals surface area contributed by atoms with Crippen LogP contribution in [-0.2, 0) is 4.74 Å². The van der Waals surface area contributed by atoms with Crippen molar-refractivity contribution in [1.29, 1.82) is 0 Å². The molecule has 1 aromatic carbocycles. The molecule has 1 aliphatic heterocycles. The topological polar surface area (TPSA) is 42.0 Å². The second kappa shape index (κ2) is 3.59. The van der Waals surface area contributed by atoms with E-state index in [0.29, 0.717) is 0 Å². The van der Waals surface area contributed by atoms with Gasteiger partial charge >= 0.3 is 0 Å². The Balaban J connectivity index is 2.11. The van der Waals surface area contributed by atoms with Crippen LogP contribution in [0.1, 0.15) is 18.6 Å². The van der Waals surface area contributed by atoms with Gasteiger partial charge in [-0.25, -0.2) is 0 Å². The lowest BCUT2D eigenvalue weighted by Gasteiger charge is -2.02. The van der Waals surface area contributed by atoms with E-state index in [9.17, 15) is 5.11 Å². The lowest BCUT2D eigenvalue weighted by Crippen LogP contribution is -2.09. The summed E-state index contributed by atoms with van der Waals surface area (Å²) in [5.74, 6) is 0.822. The van der Waals surface area contributed by atoms with Crippen molar-refractivity contribution in [3.8, 4) is 5.75 Å². The van der Waals surface area contributed by atoms with Gasteiger partial charge in [-0.05, 0) is 24.6 Å². The molecule has 2 rings (SSSR count). The number of epoxide rings is 1. The zero-order chi connectivity index (χ0) is 10.1. The quantitative estimate of drug-likeness (QED) is 0.742. The van der Waals surface area contributed by atoms with Gasteiger partial charge < -0.3 is 14.6 Å². The Bertz CT molecular complexity index is 322. The third-order valence-corrected chi connectivity index (χ3v) is 2.42. The normalized spacial score (nSPS) is 27.1. The summed E-state index contributed by atoms with van der Waals surface area (Å²) in [5, 5.41) is 9.29. The van der Waals surface area contributed by atoms with E-state index in [1.807, 2.05) is 24.3 Å². The van der Waals surface area contributed by atoms with E-state index in [0.717, 1.165) is 11.3 Å². The molecule has 1 N–H and O–H groups in total. The van der Waals surface area contributed by atoms with Gasteiger partial charge in [0.1, 0.15) is 18.0 Å². The molecule has 3 heteroatoms. The van der Waals surface area contributed by atoms with E-state index >= 15 is 0 Å². The Morgan fingerprint density at radius 2 is 2.29 bits per heavy atom. The van der Waals surface area contributed by atoms with Gasteiger partial charge in [0.2, 0.25) is 0 Å². The Kier molecular flexibility index (Phi) is 2.44. The van der Waals surface area contributed by atoms with Crippen molar-refractivity contribution < 1.29 is 14.6 Å². The number of benzene rings is 1. The highest BCUT2D eigenvalue weighted by atomic mass is 16.6. The first-order valence-electron chi connectivity index (χ1n) is 4.70. The van der Waals surface area contributed by atoms with Gasteiger partial charge in [0.05, 0.1) is 13.2 Å². The minimum Gasteiger partial charge on any atom is -0.497 e. The van der Waals surface area contributed by atoms with E-state index in [1.54, 1.807) is 14.0 Å². The van der Waals surface area contributed by atoms with Crippen LogP contribution in [0.2, 0.25) is 0 Å². The number of hydrogen-bond acceptors (Lipinski definition) is 3. The van der Waals surface area contributed by atoms with Gasteiger partial charge in [0.15, 0.2) is 0 Å². The van der Waals surface area contributed by atoms with Crippen molar-refractivity contribution in [2.75, 3.05) is 7.11 Å². The zero-order valence-corrected chi connectivity index (χ0v) is 8.31. The molecule has 0 aromatic heterocycles. The maximum Gasteiger partial charge on any atom is 0.119 e. The number of aliphatic hydroxyl groups is 1. The predicted octanol–water partition coefficient (Wildman–Crippen LogP) is 1.52. The van der Waals surface area contributed by atoms with Crippen molar-refractivity contribution in [2.24, 2.45) is 0 Å².